The Morgan fingerprint density at radius 3 is 2.58 bits per heavy atom. The van der Waals surface area contributed by atoms with E-state index in [-0.39, 0.29) is 6.61 Å². The topological polar surface area (TPSA) is 68.4 Å². The highest BCUT2D eigenvalue weighted by atomic mass is 16.5. The molecule has 0 bridgehead atoms. The van der Waals surface area contributed by atoms with Gasteiger partial charge < -0.3 is 14.3 Å². The van der Waals surface area contributed by atoms with Gasteiger partial charge in [0.1, 0.15) is 17.3 Å². The van der Waals surface area contributed by atoms with E-state index in [9.17, 15) is 5.11 Å². The summed E-state index contributed by atoms with van der Waals surface area (Å²) in [5, 5.41) is 9.56. The summed E-state index contributed by atoms with van der Waals surface area (Å²) >= 11 is 0. The van der Waals surface area contributed by atoms with Gasteiger partial charge in [0.15, 0.2) is 5.76 Å². The van der Waals surface area contributed by atoms with Gasteiger partial charge in [0.05, 0.1) is 25.2 Å². The van der Waals surface area contributed by atoms with Crippen molar-refractivity contribution < 1.29 is 14.3 Å². The number of nitrogens with zero attached hydrogens (tertiary/aromatic N) is 2. The molecule has 19 heavy (non-hydrogen) atoms. The fourth-order valence-electron chi connectivity index (χ4n) is 2.14. The Kier molecular flexibility index (Phi) is 2.88. The maximum atomic E-state index is 9.56. The first-order chi connectivity index (χ1) is 9.13. The van der Waals surface area contributed by atoms with Crippen molar-refractivity contribution in [2.45, 2.75) is 19.3 Å². The van der Waals surface area contributed by atoms with Crippen molar-refractivity contribution in [3.05, 3.63) is 35.5 Å². The third-order valence-corrected chi connectivity index (χ3v) is 3.38. The minimum Gasteiger partial charge on any atom is -0.460 e. The van der Waals surface area contributed by atoms with Crippen LogP contribution in [0.25, 0.3) is 11.5 Å². The molecular weight excluding hydrogens is 244 g/mol. The van der Waals surface area contributed by atoms with Crippen molar-refractivity contribution in [2.24, 2.45) is 0 Å². The normalized spacial score (nSPS) is 17.2. The fraction of sp³-hybridized carbons (Fsp3) is 0.429. The number of aliphatic hydroxyl groups is 1. The SMILES string of the molecule is Cc1cc(-c2ccc(C)o2)nc(C2(CO)COC2)n1. The molecule has 5 nitrogen and oxygen atoms in total. The summed E-state index contributed by atoms with van der Waals surface area (Å²) in [6, 6.07) is 5.68. The van der Waals surface area contributed by atoms with E-state index in [0.29, 0.717) is 19.0 Å². The lowest BCUT2D eigenvalue weighted by molar-refractivity contribution is -0.0884. The van der Waals surface area contributed by atoms with Crippen LogP contribution in [-0.4, -0.2) is 34.9 Å². The van der Waals surface area contributed by atoms with Gasteiger partial charge >= 0.3 is 0 Å². The summed E-state index contributed by atoms with van der Waals surface area (Å²) in [7, 11) is 0. The Bertz CT molecular complexity index is 597. The summed E-state index contributed by atoms with van der Waals surface area (Å²) in [5.41, 5.74) is 1.15. The van der Waals surface area contributed by atoms with Crippen molar-refractivity contribution in [2.75, 3.05) is 19.8 Å². The molecule has 5 heteroatoms. The van der Waals surface area contributed by atoms with Gasteiger partial charge in [0.2, 0.25) is 0 Å². The summed E-state index contributed by atoms with van der Waals surface area (Å²) in [5.74, 6) is 2.19. The first-order valence-corrected chi connectivity index (χ1v) is 6.24. The molecule has 0 spiro atoms. The Hall–Kier alpha value is -1.72. The Morgan fingerprint density at radius 1 is 1.26 bits per heavy atom. The zero-order valence-corrected chi connectivity index (χ0v) is 11.0. The molecular formula is C14H16N2O3. The number of aryl methyl sites for hydroxylation is 2. The molecule has 0 radical (unpaired) electrons. The lowest BCUT2D eigenvalue weighted by Crippen LogP contribution is -2.51. The van der Waals surface area contributed by atoms with Crippen LogP contribution < -0.4 is 0 Å². The molecule has 0 aromatic carbocycles. The van der Waals surface area contributed by atoms with Crippen LogP contribution in [0.2, 0.25) is 0 Å². The van der Waals surface area contributed by atoms with Gasteiger partial charge in [-0.1, -0.05) is 0 Å². The van der Waals surface area contributed by atoms with Gasteiger partial charge in [-0.15, -0.1) is 0 Å². The van der Waals surface area contributed by atoms with Gasteiger partial charge in [-0.2, -0.15) is 0 Å². The van der Waals surface area contributed by atoms with Gasteiger partial charge in [0, 0.05) is 5.69 Å². The Balaban J connectivity index is 2.05. The number of furan rings is 1. The monoisotopic (exact) mass is 260 g/mol. The number of rotatable bonds is 3. The molecule has 0 aliphatic carbocycles. The molecule has 2 aromatic heterocycles. The second kappa shape index (κ2) is 4.43. The molecule has 0 unspecified atom stereocenters. The average molecular weight is 260 g/mol. The molecule has 0 atom stereocenters. The van der Waals surface area contributed by atoms with E-state index in [2.05, 4.69) is 9.97 Å². The second-order valence-corrected chi connectivity index (χ2v) is 5.06. The van der Waals surface area contributed by atoms with Crippen LogP contribution in [0, 0.1) is 13.8 Å². The number of ether oxygens (including phenoxy) is 1. The van der Waals surface area contributed by atoms with Gasteiger partial charge in [-0.05, 0) is 32.0 Å². The molecule has 2 aromatic rings. The lowest BCUT2D eigenvalue weighted by Gasteiger charge is -2.38. The molecule has 1 aliphatic heterocycles. The van der Waals surface area contributed by atoms with Crippen LogP contribution in [0.1, 0.15) is 17.3 Å². The van der Waals surface area contributed by atoms with Crippen molar-refractivity contribution in [3.63, 3.8) is 0 Å². The number of aliphatic hydroxyl groups excluding tert-OH is 1. The zero-order valence-electron chi connectivity index (χ0n) is 11.0. The first-order valence-electron chi connectivity index (χ1n) is 6.24. The molecule has 1 N–H and O–H groups in total. The van der Waals surface area contributed by atoms with Gasteiger partial charge in [-0.25, -0.2) is 9.97 Å². The Morgan fingerprint density at radius 2 is 2.05 bits per heavy atom. The van der Waals surface area contributed by atoms with Crippen molar-refractivity contribution in [1.29, 1.82) is 0 Å². The van der Waals surface area contributed by atoms with Crippen LogP contribution in [-0.2, 0) is 10.2 Å². The fourth-order valence-corrected chi connectivity index (χ4v) is 2.14. The predicted molar refractivity (Wildman–Crippen MR) is 68.8 cm³/mol. The minimum absolute atomic E-state index is 0.00687. The van der Waals surface area contributed by atoms with Crippen LogP contribution >= 0.6 is 0 Å². The standard InChI is InChI=1S/C14H16N2O3/c1-9-5-11(12-4-3-10(2)19-12)16-13(15-9)14(6-17)7-18-8-14/h3-5,17H,6-8H2,1-2H3. The molecule has 3 heterocycles. The highest BCUT2D eigenvalue weighted by Crippen LogP contribution is 2.31. The van der Waals surface area contributed by atoms with Crippen LogP contribution in [0.15, 0.2) is 22.6 Å². The summed E-state index contributed by atoms with van der Waals surface area (Å²) < 4.78 is 10.8. The number of hydrogen-bond acceptors (Lipinski definition) is 5. The molecule has 0 amide bonds. The number of hydrogen-bond donors (Lipinski definition) is 1. The smallest absolute Gasteiger partial charge is 0.152 e. The summed E-state index contributed by atoms with van der Waals surface area (Å²) in [6.45, 7) is 4.72. The maximum Gasteiger partial charge on any atom is 0.152 e. The number of aromatic nitrogens is 2. The van der Waals surface area contributed by atoms with Gasteiger partial charge in [0.25, 0.3) is 0 Å². The molecule has 3 rings (SSSR count). The quantitative estimate of drug-likeness (QED) is 0.908. The van der Waals surface area contributed by atoms with Crippen LogP contribution in [0.5, 0.6) is 0 Å². The molecule has 1 aliphatic rings. The Labute approximate surface area is 111 Å². The second-order valence-electron chi connectivity index (χ2n) is 5.06. The molecule has 1 fully saturated rings. The maximum absolute atomic E-state index is 9.56. The first kappa shape index (κ1) is 12.3. The lowest BCUT2D eigenvalue weighted by atomic mass is 9.86. The van der Waals surface area contributed by atoms with Crippen molar-refractivity contribution in [3.8, 4) is 11.5 Å². The van der Waals surface area contributed by atoms with Crippen molar-refractivity contribution in [1.82, 2.24) is 9.97 Å². The van der Waals surface area contributed by atoms with E-state index in [1.54, 1.807) is 0 Å². The molecule has 0 saturated carbocycles. The van der Waals surface area contributed by atoms with E-state index in [1.807, 2.05) is 32.0 Å². The van der Waals surface area contributed by atoms with E-state index < -0.39 is 5.41 Å². The molecule has 100 valence electrons. The van der Waals surface area contributed by atoms with E-state index in [0.717, 1.165) is 22.9 Å². The van der Waals surface area contributed by atoms with Crippen molar-refractivity contribution >= 4 is 0 Å². The van der Waals surface area contributed by atoms with Crippen LogP contribution in [0.3, 0.4) is 0 Å². The van der Waals surface area contributed by atoms with Gasteiger partial charge in [-0.3, -0.25) is 0 Å². The molecule has 1 saturated heterocycles. The predicted octanol–water partition coefficient (Wildman–Crippen LogP) is 1.61. The van der Waals surface area contributed by atoms with E-state index >= 15 is 0 Å². The highest BCUT2D eigenvalue weighted by Gasteiger charge is 2.43. The summed E-state index contributed by atoms with van der Waals surface area (Å²) in [6.07, 6.45) is 0. The van der Waals surface area contributed by atoms with E-state index in [1.165, 1.54) is 0 Å². The average Bonchev–Trinajstić information content (AvgIpc) is 2.75. The minimum atomic E-state index is -0.456. The summed E-state index contributed by atoms with van der Waals surface area (Å²) in [4.78, 5) is 8.98. The zero-order chi connectivity index (χ0) is 13.5. The third-order valence-electron chi connectivity index (χ3n) is 3.38. The third kappa shape index (κ3) is 2.05. The van der Waals surface area contributed by atoms with E-state index in [4.69, 9.17) is 9.15 Å². The highest BCUT2D eigenvalue weighted by molar-refractivity contribution is 5.53. The largest absolute Gasteiger partial charge is 0.460 e. The van der Waals surface area contributed by atoms with Crippen LogP contribution in [0.4, 0.5) is 0 Å².